The van der Waals surface area contributed by atoms with Crippen LogP contribution in [-0.2, 0) is 6.42 Å². The van der Waals surface area contributed by atoms with Crippen molar-refractivity contribution in [3.63, 3.8) is 0 Å². The first-order valence-electron chi connectivity index (χ1n) is 12.6. The molecule has 1 N–H and O–H groups in total. The van der Waals surface area contributed by atoms with Crippen molar-refractivity contribution in [2.45, 2.75) is 38.1 Å². The Morgan fingerprint density at radius 1 is 1.03 bits per heavy atom. The van der Waals surface area contributed by atoms with Gasteiger partial charge in [-0.15, -0.1) is 11.3 Å². The molecule has 2 amide bonds. The van der Waals surface area contributed by atoms with E-state index in [1.807, 2.05) is 29.4 Å². The van der Waals surface area contributed by atoms with Crippen molar-refractivity contribution in [1.29, 1.82) is 0 Å². The number of amides is 2. The van der Waals surface area contributed by atoms with E-state index in [2.05, 4.69) is 33.4 Å². The summed E-state index contributed by atoms with van der Waals surface area (Å²) in [6, 6.07) is 13.6. The van der Waals surface area contributed by atoms with Crippen LogP contribution in [0.5, 0.6) is 0 Å². The number of anilines is 1. The Balaban J connectivity index is 1.10. The van der Waals surface area contributed by atoms with Crippen LogP contribution in [-0.4, -0.2) is 47.9 Å². The molecule has 186 valence electrons. The molecule has 36 heavy (non-hydrogen) atoms. The van der Waals surface area contributed by atoms with Crippen LogP contribution in [0.3, 0.4) is 0 Å². The van der Waals surface area contributed by atoms with Crippen molar-refractivity contribution in [2.75, 3.05) is 31.1 Å². The summed E-state index contributed by atoms with van der Waals surface area (Å²) in [5.41, 5.74) is 4.52. The van der Waals surface area contributed by atoms with Crippen LogP contribution in [0.15, 0.2) is 54.9 Å². The van der Waals surface area contributed by atoms with E-state index in [-0.39, 0.29) is 23.3 Å². The molecule has 8 heteroatoms. The summed E-state index contributed by atoms with van der Waals surface area (Å²) in [4.78, 5) is 35.4. The normalized spacial score (nSPS) is 20.5. The largest absolute Gasteiger partial charge is 0.371 e. The highest BCUT2D eigenvalue weighted by Crippen LogP contribution is 2.42. The van der Waals surface area contributed by atoms with Gasteiger partial charge in [0.05, 0.1) is 15.3 Å². The quantitative estimate of drug-likeness (QED) is 0.504. The number of nitrogens with zero attached hydrogens (tertiary/aromatic N) is 3. The molecule has 6 nitrogen and oxygen atoms in total. The number of aryl methyl sites for hydroxylation is 1. The molecule has 4 heterocycles. The predicted octanol–water partition coefficient (Wildman–Crippen LogP) is 5.35. The van der Waals surface area contributed by atoms with Crippen molar-refractivity contribution < 1.29 is 9.59 Å². The molecule has 2 aromatic heterocycles. The minimum Gasteiger partial charge on any atom is -0.371 e. The molecule has 2 fully saturated rings. The van der Waals surface area contributed by atoms with Gasteiger partial charge in [-0.2, -0.15) is 0 Å². The van der Waals surface area contributed by atoms with E-state index in [0.29, 0.717) is 9.21 Å². The van der Waals surface area contributed by atoms with E-state index in [1.165, 1.54) is 29.0 Å². The summed E-state index contributed by atoms with van der Waals surface area (Å²) in [6.07, 6.45) is 8.70. The van der Waals surface area contributed by atoms with Gasteiger partial charge in [0.2, 0.25) is 0 Å². The van der Waals surface area contributed by atoms with Gasteiger partial charge in [0.1, 0.15) is 0 Å². The molecule has 0 bridgehead atoms. The average molecular weight is 521 g/mol. The minimum absolute atomic E-state index is 0.0802. The number of carbonyl (C=O) groups is 2. The third-order valence-corrected chi connectivity index (χ3v) is 9.38. The lowest BCUT2D eigenvalue weighted by molar-refractivity contribution is 0.0610. The Morgan fingerprint density at radius 3 is 2.56 bits per heavy atom. The van der Waals surface area contributed by atoms with Crippen LogP contribution in [0.25, 0.3) is 0 Å². The van der Waals surface area contributed by atoms with E-state index in [9.17, 15) is 9.59 Å². The maximum absolute atomic E-state index is 13.5. The first-order valence-corrected chi connectivity index (χ1v) is 13.8. The average Bonchev–Trinajstić information content (AvgIpc) is 3.64. The van der Waals surface area contributed by atoms with Crippen molar-refractivity contribution in [3.05, 3.63) is 80.8 Å². The number of pyridine rings is 1. The Labute approximate surface area is 220 Å². The maximum atomic E-state index is 13.5. The highest BCUT2D eigenvalue weighted by atomic mass is 35.5. The Hall–Kier alpha value is -2.90. The summed E-state index contributed by atoms with van der Waals surface area (Å²) in [7, 11) is 0. The molecule has 3 aromatic rings. The lowest BCUT2D eigenvalue weighted by Crippen LogP contribution is -2.44. The number of benzene rings is 1. The number of halogens is 1. The molecule has 1 atom stereocenters. The van der Waals surface area contributed by atoms with Gasteiger partial charge in [0.15, 0.2) is 0 Å². The molecule has 0 radical (unpaired) electrons. The zero-order valence-corrected chi connectivity index (χ0v) is 21.7. The van der Waals surface area contributed by atoms with Crippen LogP contribution in [0.1, 0.15) is 62.9 Å². The number of hydrogen-bond acceptors (Lipinski definition) is 5. The molecule has 0 saturated carbocycles. The van der Waals surface area contributed by atoms with Crippen molar-refractivity contribution in [1.82, 2.24) is 15.2 Å². The summed E-state index contributed by atoms with van der Waals surface area (Å²) in [6.45, 7) is 3.70. The SMILES string of the molecule is O=C(NC1CCc2ccc(C(=O)N3CCC4(CC3)CCN(c3ccncc3)C4)cc21)c1ccc(Cl)s1. The van der Waals surface area contributed by atoms with E-state index >= 15 is 0 Å². The monoisotopic (exact) mass is 520 g/mol. The molecule has 2 aliphatic heterocycles. The van der Waals surface area contributed by atoms with Gasteiger partial charge < -0.3 is 15.1 Å². The predicted molar refractivity (Wildman–Crippen MR) is 143 cm³/mol. The van der Waals surface area contributed by atoms with Crippen molar-refractivity contribution in [3.8, 4) is 0 Å². The molecule has 6 rings (SSSR count). The number of thiophene rings is 1. The standard InChI is InChI=1S/C28H29ClN4O2S/c29-25-6-5-24(36-25)26(34)31-23-4-3-19-1-2-20(17-22(19)23)27(35)32-14-9-28(10-15-32)11-16-33(18-28)21-7-12-30-13-8-21/h1-2,5-8,12-13,17,23H,3-4,9-11,14-16,18H2,(H,31,34). The van der Waals surface area contributed by atoms with Gasteiger partial charge in [0, 0.05) is 49.8 Å². The first kappa shape index (κ1) is 23.5. The fourth-order valence-electron chi connectivity index (χ4n) is 6.04. The summed E-state index contributed by atoms with van der Waals surface area (Å²) in [5.74, 6) is -0.0150. The minimum atomic E-state index is -0.111. The third kappa shape index (κ3) is 4.50. The lowest BCUT2D eigenvalue weighted by Gasteiger charge is -2.39. The first-order chi connectivity index (χ1) is 17.5. The number of piperidine rings is 1. The van der Waals surface area contributed by atoms with Gasteiger partial charge >= 0.3 is 0 Å². The number of nitrogens with one attached hydrogen (secondary N) is 1. The maximum Gasteiger partial charge on any atom is 0.261 e. The zero-order chi connectivity index (χ0) is 24.7. The molecule has 1 aromatic carbocycles. The summed E-state index contributed by atoms with van der Waals surface area (Å²) in [5, 5.41) is 3.14. The number of rotatable bonds is 4. The van der Waals surface area contributed by atoms with E-state index in [4.69, 9.17) is 11.6 Å². The van der Waals surface area contributed by atoms with Crippen LogP contribution in [0.4, 0.5) is 5.69 Å². The second kappa shape index (κ2) is 9.52. The van der Waals surface area contributed by atoms with Crippen LogP contribution in [0.2, 0.25) is 4.34 Å². The third-order valence-electron chi connectivity index (χ3n) is 8.15. The van der Waals surface area contributed by atoms with Crippen molar-refractivity contribution >= 4 is 40.4 Å². The van der Waals surface area contributed by atoms with Crippen LogP contribution < -0.4 is 10.2 Å². The lowest BCUT2D eigenvalue weighted by atomic mass is 9.77. The van der Waals surface area contributed by atoms with Crippen LogP contribution in [0, 0.1) is 5.41 Å². The number of carbonyl (C=O) groups excluding carboxylic acids is 2. The molecule has 3 aliphatic rings. The highest BCUT2D eigenvalue weighted by molar-refractivity contribution is 7.18. The molecule has 1 spiro atoms. The molecular weight excluding hydrogens is 492 g/mol. The molecule has 2 saturated heterocycles. The fourth-order valence-corrected chi connectivity index (χ4v) is 6.98. The second-order valence-corrected chi connectivity index (χ2v) is 12.0. The topological polar surface area (TPSA) is 65.5 Å². The number of aromatic nitrogens is 1. The van der Waals surface area contributed by atoms with Gasteiger partial charge in [-0.1, -0.05) is 17.7 Å². The Kier molecular flexibility index (Phi) is 6.21. The number of fused-ring (bicyclic) bond motifs is 1. The summed E-state index contributed by atoms with van der Waals surface area (Å²) < 4.78 is 0.603. The Bertz CT molecular complexity index is 1290. The van der Waals surface area contributed by atoms with E-state index in [1.54, 1.807) is 12.1 Å². The second-order valence-electron chi connectivity index (χ2n) is 10.3. The van der Waals surface area contributed by atoms with Gasteiger partial charge in [-0.05, 0) is 85.0 Å². The zero-order valence-electron chi connectivity index (χ0n) is 20.1. The highest BCUT2D eigenvalue weighted by Gasteiger charge is 2.41. The number of likely N-dealkylation sites (tertiary alicyclic amines) is 1. The fraction of sp³-hybridized carbons (Fsp3) is 0.393. The van der Waals surface area contributed by atoms with Crippen molar-refractivity contribution in [2.24, 2.45) is 5.41 Å². The Morgan fingerprint density at radius 2 is 1.81 bits per heavy atom. The molecular formula is C28H29ClN4O2S. The number of hydrogen-bond donors (Lipinski definition) is 1. The van der Waals surface area contributed by atoms with Gasteiger partial charge in [-0.3, -0.25) is 14.6 Å². The van der Waals surface area contributed by atoms with E-state index < -0.39 is 0 Å². The summed E-state index contributed by atoms with van der Waals surface area (Å²) >= 11 is 7.28. The van der Waals surface area contributed by atoms with E-state index in [0.717, 1.165) is 63.0 Å². The van der Waals surface area contributed by atoms with Gasteiger partial charge in [0.25, 0.3) is 11.8 Å². The van der Waals surface area contributed by atoms with Gasteiger partial charge in [-0.25, -0.2) is 0 Å². The molecule has 1 unspecified atom stereocenters. The molecule has 1 aliphatic carbocycles. The smallest absolute Gasteiger partial charge is 0.261 e. The van der Waals surface area contributed by atoms with Crippen LogP contribution >= 0.6 is 22.9 Å².